The first-order chi connectivity index (χ1) is 26.4. The molecule has 0 aromatic rings. The SMILES string of the molecule is C=CC(CO)C(O)C(C=C)C(O)COC1CC(C)C(/C=C/C(C)=C/C=C/C(C)=C/C=C/C=C(C)/C=C/C=C(C)/C=C/C2=C(C)C(=O)C(O)CC2(C)C)=C(C)C1=O. The lowest BCUT2D eigenvalue weighted by atomic mass is 9.71. The Morgan fingerprint density at radius 2 is 1.32 bits per heavy atom. The van der Waals surface area contributed by atoms with Gasteiger partial charge in [0.25, 0.3) is 0 Å². The molecule has 2 aliphatic carbocycles. The Morgan fingerprint density at radius 3 is 1.84 bits per heavy atom. The second-order valence-electron chi connectivity index (χ2n) is 15.8. The summed E-state index contributed by atoms with van der Waals surface area (Å²) in [6, 6.07) is 0. The summed E-state index contributed by atoms with van der Waals surface area (Å²) in [7, 11) is 0. The van der Waals surface area contributed by atoms with Crippen molar-refractivity contribution in [2.45, 2.75) is 99.6 Å². The third-order valence-electron chi connectivity index (χ3n) is 10.5. The molecule has 0 aromatic heterocycles. The van der Waals surface area contributed by atoms with Crippen LogP contribution in [-0.2, 0) is 14.3 Å². The van der Waals surface area contributed by atoms with Crippen molar-refractivity contribution >= 4 is 11.6 Å². The lowest BCUT2D eigenvalue weighted by Crippen LogP contribution is -2.41. The third kappa shape index (κ3) is 14.4. The highest BCUT2D eigenvalue weighted by Gasteiger charge is 2.37. The molecule has 0 spiro atoms. The van der Waals surface area contributed by atoms with Gasteiger partial charge < -0.3 is 25.2 Å². The van der Waals surface area contributed by atoms with Gasteiger partial charge in [-0.1, -0.05) is 140 Å². The maximum absolute atomic E-state index is 13.2. The fraction of sp³-hybridized carbons (Fsp3) is 0.429. The summed E-state index contributed by atoms with van der Waals surface area (Å²) < 4.78 is 5.87. The molecule has 2 rings (SSSR count). The van der Waals surface area contributed by atoms with E-state index >= 15 is 0 Å². The molecular weight excluding hydrogens is 701 g/mol. The minimum absolute atomic E-state index is 0.0650. The van der Waals surface area contributed by atoms with Crippen LogP contribution < -0.4 is 0 Å². The van der Waals surface area contributed by atoms with E-state index in [9.17, 15) is 30.0 Å². The van der Waals surface area contributed by atoms with Crippen LogP contribution in [0.15, 0.2) is 155 Å². The van der Waals surface area contributed by atoms with Gasteiger partial charge >= 0.3 is 0 Å². The summed E-state index contributed by atoms with van der Waals surface area (Å²) >= 11 is 0. The van der Waals surface area contributed by atoms with E-state index in [-0.39, 0.29) is 36.1 Å². The van der Waals surface area contributed by atoms with Crippen LogP contribution in [0.5, 0.6) is 0 Å². The van der Waals surface area contributed by atoms with E-state index in [0.717, 1.165) is 33.4 Å². The molecule has 0 amide bonds. The Morgan fingerprint density at radius 1 is 0.804 bits per heavy atom. The molecule has 2 aliphatic rings. The summed E-state index contributed by atoms with van der Waals surface area (Å²) in [6.07, 6.45) is 28.2. The van der Waals surface area contributed by atoms with Gasteiger partial charge in [0.2, 0.25) is 0 Å². The van der Waals surface area contributed by atoms with Crippen molar-refractivity contribution in [2.75, 3.05) is 13.2 Å². The average molecular weight is 767 g/mol. The Hall–Kier alpha value is -4.24. The maximum atomic E-state index is 13.2. The molecule has 0 saturated carbocycles. The van der Waals surface area contributed by atoms with E-state index < -0.39 is 36.3 Å². The standard InChI is InChI=1S/C49H66O7/c1-12-39(30-50)48(55)40(13-2)44(52)31-56-45-28-36(7)41(37(8)47(45)54)26-24-34(5)22-16-20-32(3)18-14-15-19-33(4)21-17-23-35(6)25-27-42-38(9)46(53)43(51)29-49(42,10)11/h12-27,36,39-40,43-45,48,50-52,55H,1-2,28-31H2,3-11H3/b15-14+,20-16+,21-17+,26-24+,27-25+,32-18+,33-19+,34-22+,35-23+. The van der Waals surface area contributed by atoms with E-state index in [0.29, 0.717) is 24.0 Å². The van der Waals surface area contributed by atoms with Crippen molar-refractivity contribution in [1.29, 1.82) is 0 Å². The molecule has 7 atom stereocenters. The van der Waals surface area contributed by atoms with E-state index in [4.69, 9.17) is 4.74 Å². The molecule has 0 saturated heterocycles. The third-order valence-corrected chi connectivity index (χ3v) is 10.5. The zero-order valence-electron chi connectivity index (χ0n) is 35.0. The van der Waals surface area contributed by atoms with Crippen LogP contribution in [-0.4, -0.2) is 69.6 Å². The average Bonchev–Trinajstić information content (AvgIpc) is 3.13. The second kappa shape index (κ2) is 23.1. The number of aliphatic hydroxyl groups excluding tert-OH is 4. The minimum Gasteiger partial charge on any atom is -0.396 e. The predicted octanol–water partition coefficient (Wildman–Crippen LogP) is 8.86. The van der Waals surface area contributed by atoms with E-state index in [1.807, 2.05) is 113 Å². The zero-order valence-corrected chi connectivity index (χ0v) is 35.0. The first-order valence-corrected chi connectivity index (χ1v) is 19.5. The number of hydrogen-bond donors (Lipinski definition) is 4. The number of allylic oxidation sites excluding steroid dienone is 20. The van der Waals surface area contributed by atoms with Crippen LogP contribution in [0.3, 0.4) is 0 Å². The number of rotatable bonds is 19. The first kappa shape index (κ1) is 47.9. The van der Waals surface area contributed by atoms with Crippen molar-refractivity contribution in [2.24, 2.45) is 23.2 Å². The lowest BCUT2D eigenvalue weighted by molar-refractivity contribution is -0.132. The van der Waals surface area contributed by atoms with E-state index in [1.165, 1.54) is 12.2 Å². The lowest BCUT2D eigenvalue weighted by Gasteiger charge is -2.34. The number of Topliss-reactive ketones (excluding diaryl/α,β-unsaturated/α-hetero) is 2. The fourth-order valence-electron chi connectivity index (χ4n) is 6.90. The number of ether oxygens (including phenoxy) is 1. The summed E-state index contributed by atoms with van der Waals surface area (Å²) in [5.41, 5.74) is 7.22. The number of ketones is 2. The summed E-state index contributed by atoms with van der Waals surface area (Å²) in [5.74, 6) is -1.60. The van der Waals surface area contributed by atoms with E-state index in [2.05, 4.69) is 33.9 Å². The molecule has 304 valence electrons. The quantitative estimate of drug-likeness (QED) is 0.0765. The van der Waals surface area contributed by atoms with Crippen LogP contribution in [0.1, 0.15) is 75.2 Å². The molecule has 7 nitrogen and oxygen atoms in total. The molecular formula is C49H66O7. The Labute approximate surface area is 336 Å². The highest BCUT2D eigenvalue weighted by molar-refractivity contribution is 6.01. The Bertz CT molecular complexity index is 1760. The highest BCUT2D eigenvalue weighted by atomic mass is 16.5. The molecule has 4 N–H and O–H groups in total. The monoisotopic (exact) mass is 766 g/mol. The first-order valence-electron chi connectivity index (χ1n) is 19.5. The zero-order chi connectivity index (χ0) is 42.2. The van der Waals surface area contributed by atoms with Crippen LogP contribution >= 0.6 is 0 Å². The summed E-state index contributed by atoms with van der Waals surface area (Å²) in [6.45, 7) is 24.7. The van der Waals surface area contributed by atoms with Crippen LogP contribution in [0.25, 0.3) is 0 Å². The van der Waals surface area contributed by atoms with Gasteiger partial charge in [-0.3, -0.25) is 9.59 Å². The van der Waals surface area contributed by atoms with Crippen molar-refractivity contribution < 1.29 is 34.8 Å². The number of carbonyl (C=O) groups is 2. The van der Waals surface area contributed by atoms with Crippen molar-refractivity contribution in [3.05, 3.63) is 155 Å². The van der Waals surface area contributed by atoms with Crippen molar-refractivity contribution in [3.63, 3.8) is 0 Å². The van der Waals surface area contributed by atoms with Crippen LogP contribution in [0, 0.1) is 23.2 Å². The normalized spacial score (nSPS) is 24.4. The number of carbonyl (C=O) groups excluding carboxylic acids is 2. The van der Waals surface area contributed by atoms with Gasteiger partial charge in [-0.05, 0) is 88.0 Å². The smallest absolute Gasteiger partial charge is 0.187 e. The van der Waals surface area contributed by atoms with Gasteiger partial charge in [-0.25, -0.2) is 0 Å². The molecule has 0 heterocycles. The molecule has 0 radical (unpaired) electrons. The second-order valence-corrected chi connectivity index (χ2v) is 15.8. The molecule has 0 fully saturated rings. The Kier molecular flexibility index (Phi) is 19.8. The summed E-state index contributed by atoms with van der Waals surface area (Å²) in [4.78, 5) is 25.5. The maximum Gasteiger partial charge on any atom is 0.187 e. The molecule has 0 aliphatic heterocycles. The molecule has 56 heavy (non-hydrogen) atoms. The largest absolute Gasteiger partial charge is 0.396 e. The van der Waals surface area contributed by atoms with Gasteiger partial charge in [0, 0.05) is 11.8 Å². The topological polar surface area (TPSA) is 124 Å². The predicted molar refractivity (Wildman–Crippen MR) is 231 cm³/mol. The van der Waals surface area contributed by atoms with Gasteiger partial charge in [0.15, 0.2) is 11.6 Å². The number of aliphatic hydroxyl groups is 4. The summed E-state index contributed by atoms with van der Waals surface area (Å²) in [5, 5.41) is 40.8. The molecule has 0 bridgehead atoms. The molecule has 0 aromatic carbocycles. The van der Waals surface area contributed by atoms with Crippen molar-refractivity contribution in [1.82, 2.24) is 0 Å². The van der Waals surface area contributed by atoms with E-state index in [1.54, 1.807) is 13.8 Å². The highest BCUT2D eigenvalue weighted by Crippen LogP contribution is 2.39. The van der Waals surface area contributed by atoms with Gasteiger partial charge in [-0.2, -0.15) is 0 Å². The van der Waals surface area contributed by atoms with Crippen LogP contribution in [0.2, 0.25) is 0 Å². The number of hydrogen-bond acceptors (Lipinski definition) is 7. The van der Waals surface area contributed by atoms with Gasteiger partial charge in [0.05, 0.1) is 25.4 Å². The van der Waals surface area contributed by atoms with Gasteiger partial charge in [0.1, 0.15) is 12.2 Å². The van der Waals surface area contributed by atoms with Crippen molar-refractivity contribution in [3.8, 4) is 0 Å². The molecule has 7 heteroatoms. The Balaban J connectivity index is 1.94. The minimum atomic E-state index is -1.10. The van der Waals surface area contributed by atoms with Crippen LogP contribution in [0.4, 0.5) is 0 Å². The molecule has 7 unspecified atom stereocenters. The fourth-order valence-corrected chi connectivity index (χ4v) is 6.90. The van der Waals surface area contributed by atoms with Gasteiger partial charge in [-0.15, -0.1) is 13.2 Å².